The van der Waals surface area contributed by atoms with Crippen molar-refractivity contribution in [1.82, 2.24) is 10.2 Å². The van der Waals surface area contributed by atoms with Crippen LogP contribution >= 0.6 is 22.9 Å². The zero-order chi connectivity index (χ0) is 19.2. The summed E-state index contributed by atoms with van der Waals surface area (Å²) in [7, 11) is 3.13. The van der Waals surface area contributed by atoms with Crippen molar-refractivity contribution in [3.8, 4) is 22.1 Å². The number of carbonyl (C=O) groups excluding carboxylic acids is 1. The van der Waals surface area contributed by atoms with Gasteiger partial charge in [-0.25, -0.2) is 0 Å². The molecule has 0 aliphatic heterocycles. The van der Waals surface area contributed by atoms with Gasteiger partial charge in [-0.1, -0.05) is 47.2 Å². The number of methoxy groups -OCH3 is 2. The molecule has 3 aromatic rings. The fourth-order valence-corrected chi connectivity index (χ4v) is 3.36. The maximum Gasteiger partial charge on any atom is 0.250 e. The summed E-state index contributed by atoms with van der Waals surface area (Å²) in [5.74, 6) is 0.903. The van der Waals surface area contributed by atoms with Crippen molar-refractivity contribution >= 4 is 40.1 Å². The van der Waals surface area contributed by atoms with E-state index >= 15 is 0 Å². The number of hydrogen-bond acceptors (Lipinski definition) is 6. The Morgan fingerprint density at radius 1 is 1.11 bits per heavy atom. The van der Waals surface area contributed by atoms with E-state index in [0.717, 1.165) is 11.1 Å². The molecule has 0 radical (unpaired) electrons. The Balaban J connectivity index is 1.68. The molecule has 138 valence electrons. The molecule has 0 saturated heterocycles. The summed E-state index contributed by atoms with van der Waals surface area (Å²) in [6, 6.07) is 12.7. The third kappa shape index (κ3) is 4.64. The van der Waals surface area contributed by atoms with Crippen LogP contribution in [0.25, 0.3) is 16.6 Å². The number of anilines is 1. The summed E-state index contributed by atoms with van der Waals surface area (Å²) in [5, 5.41) is 12.4. The van der Waals surface area contributed by atoms with Gasteiger partial charge in [0.2, 0.25) is 11.0 Å². The van der Waals surface area contributed by atoms with Gasteiger partial charge in [0, 0.05) is 11.6 Å². The molecule has 0 fully saturated rings. The molecule has 0 unspecified atom stereocenters. The van der Waals surface area contributed by atoms with Gasteiger partial charge in [0.15, 0.2) is 16.5 Å². The number of ether oxygens (including phenoxy) is 2. The van der Waals surface area contributed by atoms with Crippen LogP contribution in [0.15, 0.2) is 48.5 Å². The molecule has 1 N–H and O–H groups in total. The predicted molar refractivity (Wildman–Crippen MR) is 108 cm³/mol. The minimum atomic E-state index is -0.313. The molecule has 0 saturated carbocycles. The second-order valence-corrected chi connectivity index (χ2v) is 6.71. The van der Waals surface area contributed by atoms with Crippen LogP contribution in [0.3, 0.4) is 0 Å². The minimum absolute atomic E-state index is 0.313. The highest BCUT2D eigenvalue weighted by Gasteiger charge is 2.11. The molecule has 1 heterocycles. The number of nitrogens with one attached hydrogen (secondary N) is 1. The molecule has 3 rings (SSSR count). The number of amides is 1. The molecule has 1 amide bonds. The SMILES string of the molecule is COc1ccc(/C=C/C(=O)Nc2nnc(-c3ccccc3Cl)s2)cc1OC. The van der Waals surface area contributed by atoms with Crippen molar-refractivity contribution in [2.24, 2.45) is 0 Å². The Morgan fingerprint density at radius 2 is 1.89 bits per heavy atom. The molecule has 6 nitrogen and oxygen atoms in total. The van der Waals surface area contributed by atoms with E-state index in [1.165, 1.54) is 17.4 Å². The monoisotopic (exact) mass is 401 g/mol. The second kappa shape index (κ2) is 8.66. The average Bonchev–Trinajstić information content (AvgIpc) is 3.14. The third-order valence-electron chi connectivity index (χ3n) is 3.59. The molecule has 0 aliphatic rings. The van der Waals surface area contributed by atoms with E-state index in [0.29, 0.717) is 26.7 Å². The molecule has 2 aromatic carbocycles. The topological polar surface area (TPSA) is 73.3 Å². The van der Waals surface area contributed by atoms with Crippen molar-refractivity contribution in [1.29, 1.82) is 0 Å². The fourth-order valence-electron chi connectivity index (χ4n) is 2.29. The van der Waals surface area contributed by atoms with Crippen LogP contribution in [-0.4, -0.2) is 30.3 Å². The maximum atomic E-state index is 12.1. The molecule has 0 aliphatic carbocycles. The summed E-state index contributed by atoms with van der Waals surface area (Å²) in [6.07, 6.45) is 3.09. The lowest BCUT2D eigenvalue weighted by Crippen LogP contribution is -2.07. The van der Waals surface area contributed by atoms with Crippen LogP contribution in [0.1, 0.15) is 5.56 Å². The van der Waals surface area contributed by atoms with Gasteiger partial charge in [-0.3, -0.25) is 10.1 Å². The van der Waals surface area contributed by atoms with Crippen molar-refractivity contribution in [3.05, 3.63) is 59.1 Å². The number of benzene rings is 2. The van der Waals surface area contributed by atoms with E-state index in [4.69, 9.17) is 21.1 Å². The van der Waals surface area contributed by atoms with Crippen LogP contribution in [-0.2, 0) is 4.79 Å². The summed E-state index contributed by atoms with van der Waals surface area (Å²) in [5.41, 5.74) is 1.58. The summed E-state index contributed by atoms with van der Waals surface area (Å²) < 4.78 is 10.4. The highest BCUT2D eigenvalue weighted by molar-refractivity contribution is 7.18. The van der Waals surface area contributed by atoms with Gasteiger partial charge in [0.05, 0.1) is 19.2 Å². The number of hydrogen-bond donors (Lipinski definition) is 1. The number of carbonyl (C=O) groups is 1. The number of rotatable bonds is 6. The zero-order valence-electron chi connectivity index (χ0n) is 14.6. The van der Waals surface area contributed by atoms with Crippen LogP contribution in [0.4, 0.5) is 5.13 Å². The zero-order valence-corrected chi connectivity index (χ0v) is 16.2. The first kappa shape index (κ1) is 18.9. The van der Waals surface area contributed by atoms with Gasteiger partial charge in [-0.05, 0) is 29.8 Å². The summed E-state index contributed by atoms with van der Waals surface area (Å²) in [4.78, 5) is 12.1. The van der Waals surface area contributed by atoms with Crippen molar-refractivity contribution in [2.75, 3.05) is 19.5 Å². The van der Waals surface area contributed by atoms with Crippen molar-refractivity contribution < 1.29 is 14.3 Å². The van der Waals surface area contributed by atoms with E-state index in [2.05, 4.69) is 15.5 Å². The Hall–Kier alpha value is -2.90. The standard InChI is InChI=1S/C19H16ClN3O3S/c1-25-15-9-7-12(11-16(15)26-2)8-10-17(24)21-19-23-22-18(27-19)13-5-3-4-6-14(13)20/h3-11H,1-2H3,(H,21,23,24)/b10-8+. The first-order valence-corrected chi connectivity index (χ1v) is 9.09. The molecule has 1 aromatic heterocycles. The van der Waals surface area contributed by atoms with E-state index in [1.807, 2.05) is 24.3 Å². The molecular weight excluding hydrogens is 386 g/mol. The van der Waals surface area contributed by atoms with Gasteiger partial charge in [-0.15, -0.1) is 10.2 Å². The van der Waals surface area contributed by atoms with Crippen LogP contribution < -0.4 is 14.8 Å². The lowest BCUT2D eigenvalue weighted by atomic mass is 10.2. The highest BCUT2D eigenvalue weighted by Crippen LogP contribution is 2.31. The highest BCUT2D eigenvalue weighted by atomic mass is 35.5. The Bertz CT molecular complexity index is 988. The number of halogens is 1. The lowest BCUT2D eigenvalue weighted by molar-refractivity contribution is -0.111. The Labute approximate surface area is 165 Å². The van der Waals surface area contributed by atoms with Crippen molar-refractivity contribution in [3.63, 3.8) is 0 Å². The first-order chi connectivity index (χ1) is 13.1. The van der Waals surface area contributed by atoms with Gasteiger partial charge in [0.25, 0.3) is 0 Å². The summed E-state index contributed by atoms with van der Waals surface area (Å²) >= 11 is 7.41. The van der Waals surface area contributed by atoms with E-state index in [9.17, 15) is 4.79 Å². The normalized spacial score (nSPS) is 10.8. The largest absolute Gasteiger partial charge is 0.493 e. The first-order valence-electron chi connectivity index (χ1n) is 7.90. The van der Waals surface area contributed by atoms with E-state index in [1.54, 1.807) is 38.5 Å². The van der Waals surface area contributed by atoms with Crippen LogP contribution in [0, 0.1) is 0 Å². The number of nitrogens with zero attached hydrogens (tertiary/aromatic N) is 2. The van der Waals surface area contributed by atoms with Gasteiger partial charge >= 0.3 is 0 Å². The maximum absolute atomic E-state index is 12.1. The quantitative estimate of drug-likeness (QED) is 0.614. The molecular formula is C19H16ClN3O3S. The lowest BCUT2D eigenvalue weighted by Gasteiger charge is -2.07. The molecule has 0 atom stereocenters. The number of aromatic nitrogens is 2. The second-order valence-electron chi connectivity index (χ2n) is 5.33. The van der Waals surface area contributed by atoms with Gasteiger partial charge in [0.1, 0.15) is 0 Å². The minimum Gasteiger partial charge on any atom is -0.493 e. The third-order valence-corrected chi connectivity index (χ3v) is 4.80. The fraction of sp³-hybridized carbons (Fsp3) is 0.105. The van der Waals surface area contributed by atoms with E-state index in [-0.39, 0.29) is 5.91 Å². The smallest absolute Gasteiger partial charge is 0.250 e. The molecule has 27 heavy (non-hydrogen) atoms. The molecule has 0 spiro atoms. The Morgan fingerprint density at radius 3 is 2.63 bits per heavy atom. The average molecular weight is 402 g/mol. The van der Waals surface area contributed by atoms with Crippen LogP contribution in [0.2, 0.25) is 5.02 Å². The predicted octanol–water partition coefficient (Wildman–Crippen LogP) is 4.53. The molecule has 0 bridgehead atoms. The van der Waals surface area contributed by atoms with Crippen LogP contribution in [0.5, 0.6) is 11.5 Å². The van der Waals surface area contributed by atoms with Gasteiger partial charge < -0.3 is 9.47 Å². The van der Waals surface area contributed by atoms with Crippen molar-refractivity contribution in [2.45, 2.75) is 0 Å². The van der Waals surface area contributed by atoms with E-state index < -0.39 is 0 Å². The Kier molecular flexibility index (Phi) is 6.05. The molecule has 8 heteroatoms. The van der Waals surface area contributed by atoms with Gasteiger partial charge in [-0.2, -0.15) is 0 Å². The summed E-state index contributed by atoms with van der Waals surface area (Å²) in [6.45, 7) is 0.